The zero-order chi connectivity index (χ0) is 13.9. The smallest absolute Gasteiger partial charge is 0.209 e. The van der Waals surface area contributed by atoms with Gasteiger partial charge in [0.1, 0.15) is 0 Å². The van der Waals surface area contributed by atoms with E-state index in [0.29, 0.717) is 18.4 Å². The molecular weight excluding hydrogens is 260 g/mol. The molecule has 0 spiro atoms. The zero-order valence-electron chi connectivity index (χ0n) is 11.3. The maximum absolute atomic E-state index is 10.8. The maximum Gasteiger partial charge on any atom is 0.209 e. The van der Waals surface area contributed by atoms with Gasteiger partial charge in [0.25, 0.3) is 0 Å². The average molecular weight is 282 g/mol. The Morgan fingerprint density at radius 1 is 1.37 bits per heavy atom. The van der Waals surface area contributed by atoms with Crippen LogP contribution in [0.4, 0.5) is 0 Å². The van der Waals surface area contributed by atoms with Crippen molar-refractivity contribution in [2.45, 2.75) is 38.1 Å². The molecule has 0 unspecified atom stereocenters. The van der Waals surface area contributed by atoms with Crippen LogP contribution in [0.25, 0.3) is 0 Å². The van der Waals surface area contributed by atoms with E-state index in [-0.39, 0.29) is 5.75 Å². The molecule has 0 radical (unpaired) electrons. The molecule has 0 amide bonds. The number of hydrogen-bond acceptors (Lipinski definition) is 3. The first-order valence-corrected chi connectivity index (χ1v) is 8.46. The summed E-state index contributed by atoms with van der Waals surface area (Å²) in [5.74, 6) is 0.712. The zero-order valence-corrected chi connectivity index (χ0v) is 12.1. The van der Waals surface area contributed by atoms with Crippen molar-refractivity contribution in [2.75, 3.05) is 12.3 Å². The molecule has 0 bridgehead atoms. The van der Waals surface area contributed by atoms with Crippen molar-refractivity contribution in [3.05, 3.63) is 35.4 Å². The Morgan fingerprint density at radius 3 is 2.74 bits per heavy atom. The number of nitrogens with one attached hydrogen (secondary N) is 1. The van der Waals surface area contributed by atoms with Crippen LogP contribution in [0.15, 0.2) is 24.3 Å². The second kappa shape index (κ2) is 6.03. The second-order valence-corrected chi connectivity index (χ2v) is 7.19. The van der Waals surface area contributed by atoms with E-state index in [1.807, 2.05) is 0 Å². The number of rotatable bonds is 6. The Kier molecular flexibility index (Phi) is 4.60. The van der Waals surface area contributed by atoms with E-state index < -0.39 is 10.0 Å². The quantitative estimate of drug-likeness (QED) is 0.777. The van der Waals surface area contributed by atoms with Crippen molar-refractivity contribution < 1.29 is 8.42 Å². The molecule has 1 saturated carbocycles. The summed E-state index contributed by atoms with van der Waals surface area (Å²) in [6.45, 7) is 2.84. The van der Waals surface area contributed by atoms with Gasteiger partial charge in [-0.25, -0.2) is 13.6 Å². The molecule has 5 heteroatoms. The van der Waals surface area contributed by atoms with Crippen LogP contribution < -0.4 is 10.5 Å². The summed E-state index contributed by atoms with van der Waals surface area (Å²) >= 11 is 0. The third kappa shape index (κ3) is 4.60. The van der Waals surface area contributed by atoms with Crippen molar-refractivity contribution in [3.8, 4) is 0 Å². The number of nitrogens with two attached hydrogens (primary N) is 1. The molecule has 3 N–H and O–H groups in total. The van der Waals surface area contributed by atoms with Crippen LogP contribution in [-0.2, 0) is 10.0 Å². The first-order chi connectivity index (χ1) is 8.94. The lowest BCUT2D eigenvalue weighted by Gasteiger charge is -2.36. The van der Waals surface area contributed by atoms with Crippen LogP contribution in [0.5, 0.6) is 0 Å². The third-order valence-electron chi connectivity index (χ3n) is 3.69. The minimum absolute atomic E-state index is 0.0635. The third-order valence-corrected chi connectivity index (χ3v) is 4.55. The van der Waals surface area contributed by atoms with Gasteiger partial charge in [-0.2, -0.15) is 0 Å². The van der Waals surface area contributed by atoms with E-state index in [4.69, 9.17) is 5.14 Å². The van der Waals surface area contributed by atoms with Gasteiger partial charge in [-0.05, 0) is 44.2 Å². The number of sulfonamides is 1. The lowest BCUT2D eigenvalue weighted by atomic mass is 9.75. The SMILES string of the molecule is Cc1cccc(C2CC(NCCCS(N)(=O)=O)C2)c1. The molecule has 0 atom stereocenters. The first-order valence-electron chi connectivity index (χ1n) is 6.74. The fourth-order valence-corrected chi connectivity index (χ4v) is 3.11. The summed E-state index contributed by atoms with van der Waals surface area (Å²) in [5.41, 5.74) is 2.73. The fraction of sp³-hybridized carbons (Fsp3) is 0.571. The first kappa shape index (κ1) is 14.5. The molecule has 1 aromatic rings. The lowest BCUT2D eigenvalue weighted by Crippen LogP contribution is -2.41. The van der Waals surface area contributed by atoms with Crippen molar-refractivity contribution >= 4 is 10.0 Å². The highest BCUT2D eigenvalue weighted by Crippen LogP contribution is 2.36. The maximum atomic E-state index is 10.8. The standard InChI is InChI=1S/C14H22N2O2S/c1-11-4-2-5-12(8-11)13-9-14(10-13)16-6-3-7-19(15,17)18/h2,4-5,8,13-14,16H,3,6-7,9-10H2,1H3,(H2,15,17,18). The van der Waals surface area contributed by atoms with Crippen LogP contribution >= 0.6 is 0 Å². The van der Waals surface area contributed by atoms with Crippen LogP contribution in [-0.4, -0.2) is 26.8 Å². The molecule has 0 aromatic heterocycles. The van der Waals surface area contributed by atoms with Gasteiger partial charge in [-0.15, -0.1) is 0 Å². The largest absolute Gasteiger partial charge is 0.314 e. The molecule has 1 fully saturated rings. The molecule has 4 nitrogen and oxygen atoms in total. The normalized spacial score (nSPS) is 23.1. The summed E-state index contributed by atoms with van der Waals surface area (Å²) in [6, 6.07) is 9.19. The molecule has 1 aliphatic carbocycles. The summed E-state index contributed by atoms with van der Waals surface area (Å²) in [5, 5.41) is 8.34. The Labute approximate surface area is 115 Å². The highest BCUT2D eigenvalue weighted by molar-refractivity contribution is 7.89. The van der Waals surface area contributed by atoms with E-state index in [9.17, 15) is 8.42 Å². The molecule has 1 aromatic carbocycles. The summed E-state index contributed by atoms with van der Waals surface area (Å²) < 4.78 is 21.6. The van der Waals surface area contributed by atoms with Gasteiger partial charge in [0.2, 0.25) is 10.0 Å². The van der Waals surface area contributed by atoms with Gasteiger partial charge in [-0.1, -0.05) is 29.8 Å². The molecule has 2 rings (SSSR count). The van der Waals surface area contributed by atoms with E-state index in [1.54, 1.807) is 0 Å². The van der Waals surface area contributed by atoms with Gasteiger partial charge in [0.05, 0.1) is 5.75 Å². The second-order valence-electron chi connectivity index (χ2n) is 5.45. The van der Waals surface area contributed by atoms with Gasteiger partial charge < -0.3 is 5.32 Å². The van der Waals surface area contributed by atoms with Crippen molar-refractivity contribution in [3.63, 3.8) is 0 Å². The number of primary sulfonamides is 1. The number of benzene rings is 1. The average Bonchev–Trinajstić information content (AvgIpc) is 2.24. The van der Waals surface area contributed by atoms with Crippen molar-refractivity contribution in [2.24, 2.45) is 5.14 Å². The van der Waals surface area contributed by atoms with E-state index in [1.165, 1.54) is 11.1 Å². The van der Waals surface area contributed by atoms with Gasteiger partial charge in [0.15, 0.2) is 0 Å². The van der Waals surface area contributed by atoms with Crippen molar-refractivity contribution in [1.29, 1.82) is 0 Å². The predicted molar refractivity (Wildman–Crippen MR) is 77.5 cm³/mol. The Morgan fingerprint density at radius 2 is 2.11 bits per heavy atom. The fourth-order valence-electron chi connectivity index (χ4n) is 2.56. The van der Waals surface area contributed by atoms with Gasteiger partial charge in [0, 0.05) is 6.04 Å². The van der Waals surface area contributed by atoms with Crippen LogP contribution in [0.1, 0.15) is 36.3 Å². The van der Waals surface area contributed by atoms with E-state index >= 15 is 0 Å². The van der Waals surface area contributed by atoms with E-state index in [2.05, 4.69) is 36.5 Å². The highest BCUT2D eigenvalue weighted by atomic mass is 32.2. The molecule has 0 aliphatic heterocycles. The number of hydrogen-bond donors (Lipinski definition) is 2. The van der Waals surface area contributed by atoms with Gasteiger partial charge >= 0.3 is 0 Å². The monoisotopic (exact) mass is 282 g/mol. The van der Waals surface area contributed by atoms with Crippen LogP contribution in [0, 0.1) is 6.92 Å². The lowest BCUT2D eigenvalue weighted by molar-refractivity contribution is 0.292. The molecule has 0 heterocycles. The van der Waals surface area contributed by atoms with E-state index in [0.717, 1.165) is 19.4 Å². The van der Waals surface area contributed by atoms with Crippen LogP contribution in [0.2, 0.25) is 0 Å². The summed E-state index contributed by atoms with van der Waals surface area (Å²) in [7, 11) is -3.31. The highest BCUT2D eigenvalue weighted by Gasteiger charge is 2.29. The minimum Gasteiger partial charge on any atom is -0.314 e. The van der Waals surface area contributed by atoms with Crippen molar-refractivity contribution in [1.82, 2.24) is 5.32 Å². The molecular formula is C14H22N2O2S. The molecule has 1 aliphatic rings. The molecule has 0 saturated heterocycles. The minimum atomic E-state index is -3.31. The summed E-state index contributed by atoms with van der Waals surface area (Å²) in [6.07, 6.45) is 2.86. The summed E-state index contributed by atoms with van der Waals surface area (Å²) in [4.78, 5) is 0. The molecule has 106 valence electrons. The topological polar surface area (TPSA) is 72.2 Å². The Hall–Kier alpha value is -0.910. The number of aryl methyl sites for hydroxylation is 1. The molecule has 19 heavy (non-hydrogen) atoms. The Bertz CT molecular complexity index is 522. The van der Waals surface area contributed by atoms with Gasteiger partial charge in [-0.3, -0.25) is 0 Å². The van der Waals surface area contributed by atoms with Crippen LogP contribution in [0.3, 0.4) is 0 Å². The Balaban J connectivity index is 1.67. The predicted octanol–water partition coefficient (Wildman–Crippen LogP) is 1.51.